The number of aliphatic hydroxyl groups is 4. The SMILES string of the molecule is C[C@@H]1O[C@@H](O[C@H]2C[C@H](n3cc(F)c(=O)[nH]c3=O)O[C@@H]2CO)[C@H](O)[C@H](O)[C@H]1O. The number of nitrogens with zero attached hydrogens (tertiary/aromatic N) is 1. The second-order valence-corrected chi connectivity index (χ2v) is 6.55. The first kappa shape index (κ1) is 20.1. The number of ether oxygens (including phenoxy) is 3. The minimum absolute atomic E-state index is 0.0315. The lowest BCUT2D eigenvalue weighted by Gasteiger charge is -2.40. The van der Waals surface area contributed by atoms with Crippen molar-refractivity contribution in [1.29, 1.82) is 0 Å². The van der Waals surface area contributed by atoms with Gasteiger partial charge < -0.3 is 34.6 Å². The molecule has 0 saturated carbocycles. The average molecular weight is 392 g/mol. The molecule has 0 spiro atoms. The van der Waals surface area contributed by atoms with Crippen molar-refractivity contribution in [2.75, 3.05) is 6.61 Å². The first-order chi connectivity index (χ1) is 12.7. The maximum absolute atomic E-state index is 13.5. The number of nitrogens with one attached hydrogen (secondary N) is 1. The molecule has 3 heterocycles. The Morgan fingerprint density at radius 2 is 1.96 bits per heavy atom. The molecule has 0 amide bonds. The van der Waals surface area contributed by atoms with E-state index in [0.717, 1.165) is 4.57 Å². The highest BCUT2D eigenvalue weighted by molar-refractivity contribution is 4.93. The molecule has 2 aliphatic heterocycles. The van der Waals surface area contributed by atoms with Gasteiger partial charge in [-0.3, -0.25) is 14.3 Å². The molecule has 0 radical (unpaired) electrons. The zero-order chi connectivity index (χ0) is 19.9. The summed E-state index contributed by atoms with van der Waals surface area (Å²) in [5.41, 5.74) is -2.06. The van der Waals surface area contributed by atoms with Crippen molar-refractivity contribution in [3.8, 4) is 0 Å². The molecule has 1 aromatic rings. The number of aromatic nitrogens is 2. The second kappa shape index (κ2) is 7.75. The number of hydrogen-bond donors (Lipinski definition) is 5. The number of aromatic amines is 1. The highest BCUT2D eigenvalue weighted by atomic mass is 19.1. The van der Waals surface area contributed by atoms with E-state index >= 15 is 0 Å². The number of aliphatic hydroxyl groups excluding tert-OH is 4. The summed E-state index contributed by atoms with van der Waals surface area (Å²) in [6, 6.07) is 0. The van der Waals surface area contributed by atoms with Crippen molar-refractivity contribution in [3.05, 3.63) is 32.9 Å². The molecule has 27 heavy (non-hydrogen) atoms. The summed E-state index contributed by atoms with van der Waals surface area (Å²) in [4.78, 5) is 24.8. The zero-order valence-electron chi connectivity index (χ0n) is 14.3. The summed E-state index contributed by atoms with van der Waals surface area (Å²) < 4.78 is 30.7. The molecule has 0 aromatic carbocycles. The fourth-order valence-electron chi connectivity index (χ4n) is 3.15. The van der Waals surface area contributed by atoms with Crippen molar-refractivity contribution >= 4 is 0 Å². The number of H-pyrrole nitrogens is 1. The smallest absolute Gasteiger partial charge is 0.330 e. The molecule has 0 unspecified atom stereocenters. The van der Waals surface area contributed by atoms with Crippen LogP contribution in [0.4, 0.5) is 4.39 Å². The van der Waals surface area contributed by atoms with Gasteiger partial charge in [0.2, 0.25) is 5.82 Å². The van der Waals surface area contributed by atoms with Crippen molar-refractivity contribution in [3.63, 3.8) is 0 Å². The summed E-state index contributed by atoms with van der Waals surface area (Å²) in [5, 5.41) is 39.1. The van der Waals surface area contributed by atoms with Gasteiger partial charge >= 0.3 is 5.69 Å². The third-order valence-corrected chi connectivity index (χ3v) is 4.71. The van der Waals surface area contributed by atoms with Gasteiger partial charge in [0.1, 0.15) is 30.6 Å². The third kappa shape index (κ3) is 3.82. The van der Waals surface area contributed by atoms with Crippen LogP contribution in [0.5, 0.6) is 0 Å². The maximum Gasteiger partial charge on any atom is 0.330 e. The summed E-state index contributed by atoms with van der Waals surface area (Å²) in [7, 11) is 0. The van der Waals surface area contributed by atoms with Gasteiger partial charge in [0.15, 0.2) is 6.29 Å². The number of halogens is 1. The molecule has 0 aliphatic carbocycles. The Bertz CT molecular complexity index is 783. The van der Waals surface area contributed by atoms with Gasteiger partial charge in [-0.05, 0) is 6.92 Å². The van der Waals surface area contributed by atoms with E-state index in [9.17, 15) is 34.4 Å². The van der Waals surface area contributed by atoms with Gasteiger partial charge in [0.05, 0.1) is 25.0 Å². The lowest BCUT2D eigenvalue weighted by atomic mass is 10.00. The Morgan fingerprint density at radius 1 is 1.26 bits per heavy atom. The van der Waals surface area contributed by atoms with E-state index < -0.39 is 72.8 Å². The van der Waals surface area contributed by atoms with Crippen molar-refractivity contribution in [1.82, 2.24) is 9.55 Å². The van der Waals surface area contributed by atoms with E-state index in [1.165, 1.54) is 6.92 Å². The fourth-order valence-corrected chi connectivity index (χ4v) is 3.15. The second-order valence-electron chi connectivity index (χ2n) is 6.55. The predicted molar refractivity (Wildman–Crippen MR) is 84.1 cm³/mol. The Morgan fingerprint density at radius 3 is 2.63 bits per heavy atom. The first-order valence-electron chi connectivity index (χ1n) is 8.35. The maximum atomic E-state index is 13.5. The number of rotatable bonds is 4. The molecule has 3 rings (SSSR count). The van der Waals surface area contributed by atoms with Crippen molar-refractivity contribution in [2.45, 2.75) is 62.5 Å². The molecule has 12 heteroatoms. The highest BCUT2D eigenvalue weighted by Crippen LogP contribution is 2.32. The van der Waals surface area contributed by atoms with E-state index in [1.54, 1.807) is 4.98 Å². The molecule has 8 atom stereocenters. The first-order valence-corrected chi connectivity index (χ1v) is 8.35. The summed E-state index contributed by atoms with van der Waals surface area (Å²) in [6.07, 6.45) is -8.69. The van der Waals surface area contributed by atoms with Crippen LogP contribution in [0, 0.1) is 5.82 Å². The van der Waals surface area contributed by atoms with Crippen LogP contribution in [0.25, 0.3) is 0 Å². The summed E-state index contributed by atoms with van der Waals surface area (Å²) in [6.45, 7) is 0.974. The molecule has 2 aliphatic rings. The van der Waals surface area contributed by atoms with Crippen molar-refractivity contribution in [2.24, 2.45) is 0 Å². The van der Waals surface area contributed by atoms with E-state index in [4.69, 9.17) is 14.2 Å². The minimum Gasteiger partial charge on any atom is -0.394 e. The summed E-state index contributed by atoms with van der Waals surface area (Å²) in [5.74, 6) is -1.18. The molecule has 152 valence electrons. The zero-order valence-corrected chi connectivity index (χ0v) is 14.3. The van der Waals surface area contributed by atoms with Crippen LogP contribution in [-0.4, -0.2) is 79.5 Å². The molecule has 0 bridgehead atoms. The van der Waals surface area contributed by atoms with Gasteiger partial charge in [0.25, 0.3) is 5.56 Å². The van der Waals surface area contributed by atoms with Crippen LogP contribution in [-0.2, 0) is 14.2 Å². The molecular weight excluding hydrogens is 371 g/mol. The Kier molecular flexibility index (Phi) is 5.76. The monoisotopic (exact) mass is 392 g/mol. The molecule has 11 nitrogen and oxygen atoms in total. The quantitative estimate of drug-likeness (QED) is 0.363. The van der Waals surface area contributed by atoms with Crippen LogP contribution in [0.2, 0.25) is 0 Å². The van der Waals surface area contributed by atoms with E-state index in [1.807, 2.05) is 0 Å². The molecule has 2 saturated heterocycles. The van der Waals surface area contributed by atoms with Crippen molar-refractivity contribution < 1.29 is 39.0 Å². The Balaban J connectivity index is 1.76. The average Bonchev–Trinajstić information content (AvgIpc) is 3.03. The van der Waals surface area contributed by atoms with Crippen LogP contribution < -0.4 is 11.2 Å². The molecule has 5 N–H and O–H groups in total. The third-order valence-electron chi connectivity index (χ3n) is 4.71. The van der Waals surface area contributed by atoms with E-state index in [-0.39, 0.29) is 6.42 Å². The topological polar surface area (TPSA) is 163 Å². The van der Waals surface area contributed by atoms with Gasteiger partial charge in [-0.15, -0.1) is 0 Å². The minimum atomic E-state index is -1.55. The Hall–Kier alpha value is -1.67. The molecular formula is C15H21FN2O9. The van der Waals surface area contributed by atoms with Gasteiger partial charge in [-0.25, -0.2) is 4.79 Å². The fraction of sp³-hybridized carbons (Fsp3) is 0.733. The Labute approximate surface area is 151 Å². The van der Waals surface area contributed by atoms with Crippen LogP contribution in [0.1, 0.15) is 19.6 Å². The standard InChI is InChI=1S/C15H21FN2O9/c1-5-10(20)11(21)12(22)14(25-5)27-7-2-9(26-8(7)4-19)18-3-6(16)13(23)17-15(18)24/h3,5,7-12,14,19-22H,2,4H2,1H3,(H,17,23,24)/t5-,7-,8+,9+,10-,11+,12+,14-/m0/s1. The summed E-state index contributed by atoms with van der Waals surface area (Å²) >= 11 is 0. The lowest BCUT2D eigenvalue weighted by molar-refractivity contribution is -0.307. The number of hydrogen-bond acceptors (Lipinski definition) is 9. The van der Waals surface area contributed by atoms with Gasteiger partial charge in [0, 0.05) is 6.42 Å². The normalized spacial score (nSPS) is 39.6. The highest BCUT2D eigenvalue weighted by Gasteiger charge is 2.46. The van der Waals surface area contributed by atoms with E-state index in [2.05, 4.69) is 0 Å². The lowest BCUT2D eigenvalue weighted by Crippen LogP contribution is -2.58. The predicted octanol–water partition coefficient (Wildman–Crippen LogP) is -2.83. The van der Waals surface area contributed by atoms with Gasteiger partial charge in [-0.1, -0.05) is 0 Å². The van der Waals surface area contributed by atoms with Gasteiger partial charge in [-0.2, -0.15) is 4.39 Å². The molecule has 2 fully saturated rings. The van der Waals surface area contributed by atoms with Crippen LogP contribution in [0.15, 0.2) is 15.8 Å². The van der Waals surface area contributed by atoms with E-state index in [0.29, 0.717) is 6.20 Å². The van der Waals surface area contributed by atoms with Crippen LogP contribution >= 0.6 is 0 Å². The molecule has 1 aromatic heterocycles. The van der Waals surface area contributed by atoms with Crippen LogP contribution in [0.3, 0.4) is 0 Å². The largest absolute Gasteiger partial charge is 0.394 e.